The minimum Gasteiger partial charge on any atom is -0.305 e. The van der Waals surface area contributed by atoms with Gasteiger partial charge in [-0.3, -0.25) is 0 Å². The fraction of sp³-hybridized carbons (Fsp3) is 0.800. The molecule has 0 bridgehead atoms. The molecule has 18 heavy (non-hydrogen) atoms. The Morgan fingerprint density at radius 1 is 1.39 bits per heavy atom. The number of aryl methyl sites for hydroxylation is 1. The number of thiazole rings is 1. The second-order valence-electron chi connectivity index (χ2n) is 5.65. The van der Waals surface area contributed by atoms with Crippen LogP contribution >= 0.6 is 11.3 Å². The van der Waals surface area contributed by atoms with Crippen molar-refractivity contribution in [3.63, 3.8) is 0 Å². The Morgan fingerprint density at radius 2 is 2.11 bits per heavy atom. The maximum atomic E-state index is 4.77. The lowest BCUT2D eigenvalue weighted by Crippen LogP contribution is -2.45. The molecule has 1 aliphatic rings. The number of hydrogen-bond acceptors (Lipinski definition) is 3. The van der Waals surface area contributed by atoms with Crippen LogP contribution < -0.4 is 5.32 Å². The fourth-order valence-corrected chi connectivity index (χ4v) is 4.02. The van der Waals surface area contributed by atoms with Crippen molar-refractivity contribution < 1.29 is 0 Å². The summed E-state index contributed by atoms with van der Waals surface area (Å²) in [5, 5.41) is 7.32. The van der Waals surface area contributed by atoms with Gasteiger partial charge in [0.2, 0.25) is 0 Å². The smallest absolute Gasteiger partial charge is 0.113 e. The monoisotopic (exact) mass is 266 g/mol. The van der Waals surface area contributed by atoms with Crippen LogP contribution in [-0.2, 0) is 5.54 Å². The standard InChI is InChI=1S/C15H26N2S/c1-4-10-16-15(14-17-12(3)11-18-14)8-6-13(5-2)7-9-15/h11,13,16H,4-10H2,1-3H3. The molecular formula is C15H26N2S. The molecule has 2 nitrogen and oxygen atoms in total. The Labute approximate surface area is 115 Å². The number of rotatable bonds is 5. The minimum atomic E-state index is 0.181. The number of nitrogens with one attached hydrogen (secondary N) is 1. The Hall–Kier alpha value is -0.410. The SMILES string of the molecule is CCCNC1(c2nc(C)cs2)CCC(CC)CC1. The maximum Gasteiger partial charge on any atom is 0.113 e. The second kappa shape index (κ2) is 6.16. The van der Waals surface area contributed by atoms with Gasteiger partial charge < -0.3 is 5.32 Å². The summed E-state index contributed by atoms with van der Waals surface area (Å²) in [5.74, 6) is 0.933. The van der Waals surface area contributed by atoms with E-state index in [2.05, 4.69) is 31.5 Å². The summed E-state index contributed by atoms with van der Waals surface area (Å²) in [6.07, 6.45) is 7.76. The maximum absolute atomic E-state index is 4.77. The van der Waals surface area contributed by atoms with Crippen molar-refractivity contribution in [3.8, 4) is 0 Å². The van der Waals surface area contributed by atoms with E-state index in [9.17, 15) is 0 Å². The summed E-state index contributed by atoms with van der Waals surface area (Å²) in [5.41, 5.74) is 1.35. The van der Waals surface area contributed by atoms with Gasteiger partial charge in [-0.2, -0.15) is 0 Å². The van der Waals surface area contributed by atoms with Gasteiger partial charge in [-0.05, 0) is 51.5 Å². The third kappa shape index (κ3) is 2.94. The van der Waals surface area contributed by atoms with Gasteiger partial charge >= 0.3 is 0 Å². The first-order chi connectivity index (χ1) is 8.70. The van der Waals surface area contributed by atoms with E-state index in [4.69, 9.17) is 4.98 Å². The van der Waals surface area contributed by atoms with Gasteiger partial charge in [-0.25, -0.2) is 4.98 Å². The molecule has 102 valence electrons. The van der Waals surface area contributed by atoms with Crippen molar-refractivity contribution in [1.29, 1.82) is 0 Å². The van der Waals surface area contributed by atoms with Crippen LogP contribution in [0.5, 0.6) is 0 Å². The molecule has 0 aliphatic heterocycles. The first-order valence-corrected chi connectivity index (χ1v) is 8.25. The first kappa shape index (κ1) is 14.0. The van der Waals surface area contributed by atoms with Crippen molar-refractivity contribution in [2.75, 3.05) is 6.54 Å². The second-order valence-corrected chi connectivity index (χ2v) is 6.51. The van der Waals surface area contributed by atoms with Crippen LogP contribution in [0.3, 0.4) is 0 Å². The van der Waals surface area contributed by atoms with E-state index in [1.165, 1.54) is 49.2 Å². The van der Waals surface area contributed by atoms with Crippen LogP contribution in [0.1, 0.15) is 63.1 Å². The summed E-state index contributed by atoms with van der Waals surface area (Å²) >= 11 is 1.84. The molecule has 0 aromatic carbocycles. The minimum absolute atomic E-state index is 0.181. The zero-order valence-corrected chi connectivity index (χ0v) is 12.8. The molecule has 1 aliphatic carbocycles. The molecular weight excluding hydrogens is 240 g/mol. The zero-order valence-electron chi connectivity index (χ0n) is 12.0. The summed E-state index contributed by atoms with van der Waals surface area (Å²) in [6, 6.07) is 0. The highest BCUT2D eigenvalue weighted by Crippen LogP contribution is 2.41. The average Bonchev–Trinajstić information content (AvgIpc) is 2.84. The lowest BCUT2D eigenvalue weighted by atomic mass is 9.76. The van der Waals surface area contributed by atoms with E-state index in [0.29, 0.717) is 0 Å². The highest BCUT2D eigenvalue weighted by Gasteiger charge is 2.38. The van der Waals surface area contributed by atoms with Gasteiger partial charge in [-0.15, -0.1) is 11.3 Å². The van der Waals surface area contributed by atoms with Gasteiger partial charge in [0.1, 0.15) is 5.01 Å². The molecule has 1 N–H and O–H groups in total. The Kier molecular flexibility index (Phi) is 4.79. The van der Waals surface area contributed by atoms with Crippen LogP contribution in [-0.4, -0.2) is 11.5 Å². The van der Waals surface area contributed by atoms with Crippen molar-refractivity contribution in [2.24, 2.45) is 5.92 Å². The summed E-state index contributed by atoms with van der Waals surface area (Å²) in [7, 11) is 0. The molecule has 0 saturated heterocycles. The number of nitrogens with zero attached hydrogens (tertiary/aromatic N) is 1. The molecule has 0 unspecified atom stereocenters. The Bertz CT molecular complexity index is 364. The summed E-state index contributed by atoms with van der Waals surface area (Å²) in [4.78, 5) is 4.77. The van der Waals surface area contributed by atoms with Gasteiger partial charge in [0.25, 0.3) is 0 Å². The topological polar surface area (TPSA) is 24.9 Å². The van der Waals surface area contributed by atoms with Crippen LogP contribution in [0, 0.1) is 12.8 Å². The molecule has 0 amide bonds. The van der Waals surface area contributed by atoms with E-state index in [1.807, 2.05) is 11.3 Å². The van der Waals surface area contributed by atoms with Crippen molar-refractivity contribution in [2.45, 2.75) is 64.8 Å². The van der Waals surface area contributed by atoms with Gasteiger partial charge in [0.15, 0.2) is 0 Å². The Balaban J connectivity index is 2.14. The van der Waals surface area contributed by atoms with Gasteiger partial charge in [0, 0.05) is 11.1 Å². The number of aromatic nitrogens is 1. The lowest BCUT2D eigenvalue weighted by molar-refractivity contribution is 0.185. The molecule has 0 radical (unpaired) electrons. The molecule has 1 aromatic heterocycles. The van der Waals surface area contributed by atoms with Crippen LogP contribution in [0.15, 0.2) is 5.38 Å². The highest BCUT2D eigenvalue weighted by atomic mass is 32.1. The predicted molar refractivity (Wildman–Crippen MR) is 79.1 cm³/mol. The average molecular weight is 266 g/mol. The van der Waals surface area contributed by atoms with Crippen LogP contribution in [0.4, 0.5) is 0 Å². The van der Waals surface area contributed by atoms with E-state index >= 15 is 0 Å². The molecule has 0 spiro atoms. The van der Waals surface area contributed by atoms with E-state index < -0.39 is 0 Å². The molecule has 0 atom stereocenters. The van der Waals surface area contributed by atoms with Crippen molar-refractivity contribution in [1.82, 2.24) is 10.3 Å². The highest BCUT2D eigenvalue weighted by molar-refractivity contribution is 7.09. The summed E-state index contributed by atoms with van der Waals surface area (Å²) in [6.45, 7) is 7.77. The van der Waals surface area contributed by atoms with Crippen molar-refractivity contribution >= 4 is 11.3 Å². The third-order valence-corrected chi connectivity index (χ3v) is 5.44. The first-order valence-electron chi connectivity index (χ1n) is 7.38. The molecule has 3 heteroatoms. The molecule has 1 saturated carbocycles. The predicted octanol–water partition coefficient (Wildman–Crippen LogP) is 4.25. The lowest BCUT2D eigenvalue weighted by Gasteiger charge is -2.39. The zero-order chi connectivity index (χ0) is 13.0. The van der Waals surface area contributed by atoms with Crippen LogP contribution in [0.25, 0.3) is 0 Å². The molecule has 2 rings (SSSR count). The van der Waals surface area contributed by atoms with E-state index in [0.717, 1.165) is 12.5 Å². The molecule has 1 heterocycles. The van der Waals surface area contributed by atoms with Gasteiger partial charge in [-0.1, -0.05) is 20.3 Å². The van der Waals surface area contributed by atoms with E-state index in [1.54, 1.807) is 0 Å². The van der Waals surface area contributed by atoms with Crippen molar-refractivity contribution in [3.05, 3.63) is 16.1 Å². The number of hydrogen-bond donors (Lipinski definition) is 1. The Morgan fingerprint density at radius 3 is 2.61 bits per heavy atom. The fourth-order valence-electron chi connectivity index (χ4n) is 2.98. The third-order valence-electron chi connectivity index (χ3n) is 4.28. The molecule has 1 fully saturated rings. The quantitative estimate of drug-likeness (QED) is 0.862. The normalized spacial score (nSPS) is 28.5. The van der Waals surface area contributed by atoms with E-state index in [-0.39, 0.29) is 5.54 Å². The largest absolute Gasteiger partial charge is 0.305 e. The molecule has 1 aromatic rings. The summed E-state index contributed by atoms with van der Waals surface area (Å²) < 4.78 is 0. The van der Waals surface area contributed by atoms with Gasteiger partial charge in [0.05, 0.1) is 5.54 Å². The van der Waals surface area contributed by atoms with Crippen LogP contribution in [0.2, 0.25) is 0 Å².